The van der Waals surface area contributed by atoms with Crippen molar-refractivity contribution in [1.82, 2.24) is 5.32 Å². The molecule has 0 fully saturated rings. The number of benzene rings is 3. The van der Waals surface area contributed by atoms with Crippen LogP contribution >= 0.6 is 12.2 Å². The Hall–Kier alpha value is -3.51. The average molecular weight is 404 g/mol. The number of hydrogen-bond acceptors (Lipinski definition) is 3. The van der Waals surface area contributed by atoms with Gasteiger partial charge in [0.1, 0.15) is 0 Å². The van der Waals surface area contributed by atoms with Crippen molar-refractivity contribution in [3.05, 3.63) is 95.6 Å². The fraction of sp³-hybridized carbons (Fsp3) is 0.0870. The van der Waals surface area contributed by atoms with Gasteiger partial charge in [0, 0.05) is 5.69 Å². The van der Waals surface area contributed by atoms with Gasteiger partial charge in [0.05, 0.1) is 17.7 Å². The third kappa shape index (κ3) is 5.73. The van der Waals surface area contributed by atoms with E-state index in [1.807, 2.05) is 61.5 Å². The zero-order chi connectivity index (χ0) is 20.6. The van der Waals surface area contributed by atoms with E-state index in [0.29, 0.717) is 16.9 Å². The molecule has 0 aliphatic carbocycles. The summed E-state index contributed by atoms with van der Waals surface area (Å²) in [4.78, 5) is 24.9. The Bertz CT molecular complexity index is 1040. The van der Waals surface area contributed by atoms with E-state index in [1.165, 1.54) is 0 Å². The van der Waals surface area contributed by atoms with Gasteiger partial charge in [-0.2, -0.15) is 0 Å². The Kier molecular flexibility index (Phi) is 6.71. The topological polar surface area (TPSA) is 70.2 Å². The molecule has 6 heteroatoms. The fourth-order valence-electron chi connectivity index (χ4n) is 2.82. The van der Waals surface area contributed by atoms with Crippen LogP contribution in [0.5, 0.6) is 0 Å². The number of amides is 2. The van der Waals surface area contributed by atoms with Crippen molar-refractivity contribution in [3.63, 3.8) is 0 Å². The lowest BCUT2D eigenvalue weighted by molar-refractivity contribution is -0.119. The van der Waals surface area contributed by atoms with Crippen molar-refractivity contribution in [3.8, 4) is 0 Å². The van der Waals surface area contributed by atoms with E-state index in [4.69, 9.17) is 12.2 Å². The number of carbonyl (C=O) groups excluding carboxylic acids is 2. The summed E-state index contributed by atoms with van der Waals surface area (Å²) in [6.45, 7) is 1.96. The highest BCUT2D eigenvalue weighted by atomic mass is 32.1. The maximum Gasteiger partial charge on any atom is 0.257 e. The molecule has 3 aromatic carbocycles. The lowest BCUT2D eigenvalue weighted by Gasteiger charge is -2.14. The SMILES string of the molecule is Cc1ccccc1CC(=O)NC(=S)Nc1ccccc1C(=O)Nc1ccccc1. The molecule has 2 amide bonds. The molecule has 0 saturated heterocycles. The molecule has 0 aromatic heterocycles. The summed E-state index contributed by atoms with van der Waals surface area (Å²) < 4.78 is 0. The molecular formula is C23H21N3O2S. The maximum atomic E-state index is 12.6. The molecule has 0 atom stereocenters. The number of hydrogen-bond donors (Lipinski definition) is 3. The van der Waals surface area contributed by atoms with E-state index in [-0.39, 0.29) is 23.3 Å². The van der Waals surface area contributed by atoms with Gasteiger partial charge in [0.15, 0.2) is 5.11 Å². The summed E-state index contributed by atoms with van der Waals surface area (Å²) in [5.74, 6) is -0.489. The second-order valence-corrected chi connectivity index (χ2v) is 6.88. The number of para-hydroxylation sites is 2. The molecule has 0 spiro atoms. The molecule has 146 valence electrons. The summed E-state index contributed by atoms with van der Waals surface area (Å²) in [6, 6.07) is 23.9. The van der Waals surface area contributed by atoms with Gasteiger partial charge in [-0.25, -0.2) is 0 Å². The van der Waals surface area contributed by atoms with Crippen LogP contribution in [0.25, 0.3) is 0 Å². The summed E-state index contributed by atoms with van der Waals surface area (Å²) in [6.07, 6.45) is 0.227. The normalized spacial score (nSPS) is 10.1. The minimum absolute atomic E-state index is 0.142. The lowest BCUT2D eigenvalue weighted by atomic mass is 10.1. The van der Waals surface area contributed by atoms with Crippen LogP contribution in [0.4, 0.5) is 11.4 Å². The zero-order valence-corrected chi connectivity index (χ0v) is 16.8. The van der Waals surface area contributed by atoms with Gasteiger partial charge in [-0.3, -0.25) is 9.59 Å². The molecule has 3 aromatic rings. The largest absolute Gasteiger partial charge is 0.332 e. The third-order valence-corrected chi connectivity index (χ3v) is 4.52. The molecule has 0 heterocycles. The van der Waals surface area contributed by atoms with Crippen molar-refractivity contribution < 1.29 is 9.59 Å². The highest BCUT2D eigenvalue weighted by Crippen LogP contribution is 2.17. The van der Waals surface area contributed by atoms with Gasteiger partial charge >= 0.3 is 0 Å². The Morgan fingerprint density at radius 2 is 1.48 bits per heavy atom. The van der Waals surface area contributed by atoms with Crippen molar-refractivity contribution in [2.75, 3.05) is 10.6 Å². The minimum atomic E-state index is -0.270. The summed E-state index contributed by atoms with van der Waals surface area (Å²) in [7, 11) is 0. The first-order valence-electron chi connectivity index (χ1n) is 9.13. The van der Waals surface area contributed by atoms with Crippen LogP contribution in [0, 0.1) is 6.92 Å². The molecule has 0 aliphatic rings. The predicted molar refractivity (Wildman–Crippen MR) is 120 cm³/mol. The molecule has 0 radical (unpaired) electrons. The van der Waals surface area contributed by atoms with Gasteiger partial charge in [0.25, 0.3) is 5.91 Å². The monoisotopic (exact) mass is 403 g/mol. The number of nitrogens with one attached hydrogen (secondary N) is 3. The van der Waals surface area contributed by atoms with Crippen LogP contribution in [-0.2, 0) is 11.2 Å². The zero-order valence-electron chi connectivity index (χ0n) is 15.9. The van der Waals surface area contributed by atoms with Crippen LogP contribution in [0.2, 0.25) is 0 Å². The van der Waals surface area contributed by atoms with Crippen LogP contribution < -0.4 is 16.0 Å². The third-order valence-electron chi connectivity index (χ3n) is 4.32. The molecule has 5 nitrogen and oxygen atoms in total. The summed E-state index contributed by atoms with van der Waals surface area (Å²) >= 11 is 5.26. The lowest BCUT2D eigenvalue weighted by Crippen LogP contribution is -2.35. The molecule has 0 unspecified atom stereocenters. The van der Waals surface area contributed by atoms with Gasteiger partial charge in [0.2, 0.25) is 5.91 Å². The molecule has 3 N–H and O–H groups in total. The number of rotatable bonds is 5. The molecule has 0 aliphatic heterocycles. The van der Waals surface area contributed by atoms with Crippen molar-refractivity contribution in [2.45, 2.75) is 13.3 Å². The molecule has 0 bridgehead atoms. The Balaban J connectivity index is 1.64. The first-order valence-corrected chi connectivity index (χ1v) is 9.54. The van der Waals surface area contributed by atoms with Gasteiger partial charge in [-0.1, -0.05) is 54.6 Å². The van der Waals surface area contributed by atoms with Crippen molar-refractivity contribution >= 4 is 40.5 Å². The van der Waals surface area contributed by atoms with Gasteiger partial charge < -0.3 is 16.0 Å². The Labute approximate surface area is 175 Å². The minimum Gasteiger partial charge on any atom is -0.332 e. The number of anilines is 2. The van der Waals surface area contributed by atoms with Crippen molar-refractivity contribution in [1.29, 1.82) is 0 Å². The van der Waals surface area contributed by atoms with Crippen LogP contribution in [0.3, 0.4) is 0 Å². The van der Waals surface area contributed by atoms with Crippen molar-refractivity contribution in [2.24, 2.45) is 0 Å². The molecule has 29 heavy (non-hydrogen) atoms. The molecule has 3 rings (SSSR count). The smallest absolute Gasteiger partial charge is 0.257 e. The Morgan fingerprint density at radius 1 is 0.828 bits per heavy atom. The fourth-order valence-corrected chi connectivity index (χ4v) is 3.04. The van der Waals surface area contributed by atoms with E-state index in [9.17, 15) is 9.59 Å². The first-order chi connectivity index (χ1) is 14.0. The predicted octanol–water partition coefficient (Wildman–Crippen LogP) is 4.30. The van der Waals surface area contributed by atoms with E-state index in [2.05, 4.69) is 16.0 Å². The van der Waals surface area contributed by atoms with Gasteiger partial charge in [-0.05, 0) is 54.5 Å². The van der Waals surface area contributed by atoms with E-state index in [1.54, 1.807) is 24.3 Å². The second kappa shape index (κ2) is 9.61. The number of aryl methyl sites for hydroxylation is 1. The standard InChI is InChI=1S/C23H21N3O2S/c1-16-9-5-6-10-17(16)15-21(27)26-23(29)25-20-14-8-7-13-19(20)22(28)24-18-11-3-2-4-12-18/h2-14H,15H2,1H3,(H,24,28)(H2,25,26,27,29). The molecular weight excluding hydrogens is 382 g/mol. The summed E-state index contributed by atoms with van der Waals surface area (Å²) in [5, 5.41) is 8.60. The van der Waals surface area contributed by atoms with E-state index < -0.39 is 0 Å². The number of carbonyl (C=O) groups is 2. The van der Waals surface area contributed by atoms with E-state index in [0.717, 1.165) is 11.1 Å². The maximum absolute atomic E-state index is 12.6. The van der Waals surface area contributed by atoms with Crippen LogP contribution in [-0.4, -0.2) is 16.9 Å². The van der Waals surface area contributed by atoms with Crippen LogP contribution in [0.1, 0.15) is 21.5 Å². The van der Waals surface area contributed by atoms with E-state index >= 15 is 0 Å². The highest BCUT2D eigenvalue weighted by Gasteiger charge is 2.13. The Morgan fingerprint density at radius 3 is 2.24 bits per heavy atom. The quantitative estimate of drug-likeness (QED) is 0.556. The first kappa shape index (κ1) is 20.2. The highest BCUT2D eigenvalue weighted by molar-refractivity contribution is 7.80. The number of thiocarbonyl (C=S) groups is 1. The summed E-state index contributed by atoms with van der Waals surface area (Å²) in [5.41, 5.74) is 3.62. The average Bonchev–Trinajstić information content (AvgIpc) is 2.70. The second-order valence-electron chi connectivity index (χ2n) is 6.47. The van der Waals surface area contributed by atoms with Crippen LogP contribution in [0.15, 0.2) is 78.9 Å². The van der Waals surface area contributed by atoms with Gasteiger partial charge in [-0.15, -0.1) is 0 Å². The molecule has 0 saturated carbocycles.